The molecule has 168 valence electrons. The van der Waals surface area contributed by atoms with Crippen molar-refractivity contribution < 1.29 is 18.4 Å². The highest BCUT2D eigenvalue weighted by molar-refractivity contribution is 5.94. The van der Waals surface area contributed by atoms with Crippen LogP contribution >= 0.6 is 0 Å². The number of nitrogens with zero attached hydrogens (tertiary/aromatic N) is 3. The maximum Gasteiger partial charge on any atom is 0.350 e. The second-order valence-electron chi connectivity index (χ2n) is 7.43. The van der Waals surface area contributed by atoms with E-state index in [2.05, 4.69) is 15.7 Å². The van der Waals surface area contributed by atoms with Gasteiger partial charge in [0.15, 0.2) is 17.3 Å². The summed E-state index contributed by atoms with van der Waals surface area (Å²) in [5, 5.41) is 9.24. The Morgan fingerprint density at radius 2 is 1.76 bits per heavy atom. The van der Waals surface area contributed by atoms with Gasteiger partial charge in [0, 0.05) is 24.5 Å². The molecule has 4 rings (SSSR count). The Labute approximate surface area is 186 Å². The third kappa shape index (κ3) is 4.95. The number of hydrogen-bond acceptors (Lipinski definition) is 4. The Kier molecular flexibility index (Phi) is 5.99. The molecule has 0 radical (unpaired) electrons. The summed E-state index contributed by atoms with van der Waals surface area (Å²) in [5.41, 5.74) is 1.97. The molecule has 0 bridgehead atoms. The van der Waals surface area contributed by atoms with Crippen molar-refractivity contribution in [3.63, 3.8) is 0 Å². The first-order valence-corrected chi connectivity index (χ1v) is 9.98. The van der Waals surface area contributed by atoms with Crippen LogP contribution < -0.4 is 16.3 Å². The molecule has 2 aromatic carbocycles. The van der Waals surface area contributed by atoms with Crippen LogP contribution in [0.1, 0.15) is 21.5 Å². The molecule has 8 nitrogen and oxygen atoms in total. The van der Waals surface area contributed by atoms with Crippen LogP contribution in [0.2, 0.25) is 0 Å². The van der Waals surface area contributed by atoms with E-state index in [9.17, 15) is 23.2 Å². The normalized spacial score (nSPS) is 10.9. The van der Waals surface area contributed by atoms with Gasteiger partial charge in [-0.05, 0) is 36.8 Å². The highest BCUT2D eigenvalue weighted by Crippen LogP contribution is 2.13. The molecule has 0 saturated heterocycles. The van der Waals surface area contributed by atoms with Crippen molar-refractivity contribution in [2.45, 2.75) is 20.0 Å². The molecule has 0 aliphatic heterocycles. The topological polar surface area (TPSA) is 97.5 Å². The number of hydrogen-bond donors (Lipinski definition) is 2. The number of anilines is 1. The van der Waals surface area contributed by atoms with Gasteiger partial charge in [0.1, 0.15) is 6.54 Å². The number of carbonyl (C=O) groups is 2. The number of aryl methyl sites for hydroxylation is 1. The van der Waals surface area contributed by atoms with Gasteiger partial charge < -0.3 is 10.6 Å². The minimum atomic E-state index is -1.11. The van der Waals surface area contributed by atoms with E-state index in [0.717, 1.165) is 32.3 Å². The standard InChI is InChI=1S/C23H19F2N5O3/c1-14-2-4-15(5-3-14)11-26-22(32)16-6-9-20-28-30(23(33)29(20)12-16)13-21(31)27-17-7-8-18(24)19(25)10-17/h2-10,12H,11,13H2,1H3,(H,26,32)(H,27,31). The predicted molar refractivity (Wildman–Crippen MR) is 117 cm³/mol. The number of benzene rings is 2. The van der Waals surface area contributed by atoms with E-state index in [0.29, 0.717) is 6.54 Å². The Balaban J connectivity index is 1.46. The Hall–Kier alpha value is -4.34. The number of amides is 2. The average molecular weight is 451 g/mol. The minimum absolute atomic E-state index is 0.0447. The van der Waals surface area contributed by atoms with Crippen molar-refractivity contribution in [3.05, 3.63) is 99.6 Å². The van der Waals surface area contributed by atoms with Crippen molar-refractivity contribution in [2.24, 2.45) is 0 Å². The van der Waals surface area contributed by atoms with Crippen LogP contribution in [-0.2, 0) is 17.9 Å². The van der Waals surface area contributed by atoms with Gasteiger partial charge in [-0.15, -0.1) is 5.10 Å². The fourth-order valence-corrected chi connectivity index (χ4v) is 3.16. The van der Waals surface area contributed by atoms with Gasteiger partial charge in [-0.3, -0.25) is 9.59 Å². The molecule has 0 atom stereocenters. The Bertz CT molecular complexity index is 1410. The van der Waals surface area contributed by atoms with Gasteiger partial charge in [-0.2, -0.15) is 0 Å². The molecule has 2 heterocycles. The van der Waals surface area contributed by atoms with Crippen LogP contribution in [0.15, 0.2) is 65.6 Å². The van der Waals surface area contributed by atoms with Crippen LogP contribution in [0, 0.1) is 18.6 Å². The number of aromatic nitrogens is 3. The van der Waals surface area contributed by atoms with E-state index in [1.54, 1.807) is 0 Å². The van der Waals surface area contributed by atoms with E-state index in [-0.39, 0.29) is 22.8 Å². The maximum absolute atomic E-state index is 13.3. The van der Waals surface area contributed by atoms with Crippen molar-refractivity contribution in [1.29, 1.82) is 0 Å². The van der Waals surface area contributed by atoms with Crippen molar-refractivity contribution in [1.82, 2.24) is 19.5 Å². The molecule has 2 N–H and O–H groups in total. The lowest BCUT2D eigenvalue weighted by molar-refractivity contribution is -0.117. The summed E-state index contributed by atoms with van der Waals surface area (Å²) in [4.78, 5) is 37.4. The van der Waals surface area contributed by atoms with Crippen molar-refractivity contribution in [3.8, 4) is 0 Å². The number of nitrogens with one attached hydrogen (secondary N) is 2. The van der Waals surface area contributed by atoms with Crippen LogP contribution in [0.5, 0.6) is 0 Å². The van der Waals surface area contributed by atoms with Crippen LogP contribution in [0.25, 0.3) is 5.65 Å². The molecule has 0 fully saturated rings. The number of carbonyl (C=O) groups excluding carboxylic acids is 2. The summed E-state index contributed by atoms with van der Waals surface area (Å²) >= 11 is 0. The fraction of sp³-hybridized carbons (Fsp3) is 0.130. The van der Waals surface area contributed by atoms with Gasteiger partial charge in [0.2, 0.25) is 5.91 Å². The molecule has 0 unspecified atom stereocenters. The molecule has 33 heavy (non-hydrogen) atoms. The molecule has 4 aromatic rings. The van der Waals surface area contributed by atoms with E-state index in [1.807, 2.05) is 31.2 Å². The molecule has 10 heteroatoms. The lowest BCUT2D eigenvalue weighted by Gasteiger charge is -2.06. The Morgan fingerprint density at radius 1 is 1.00 bits per heavy atom. The second kappa shape index (κ2) is 9.03. The zero-order valence-electron chi connectivity index (χ0n) is 17.5. The summed E-state index contributed by atoms with van der Waals surface area (Å²) in [5.74, 6) is -3.16. The van der Waals surface area contributed by atoms with Crippen LogP contribution in [0.4, 0.5) is 14.5 Å². The maximum atomic E-state index is 13.3. The zero-order chi connectivity index (χ0) is 23.5. The third-order valence-corrected chi connectivity index (χ3v) is 4.91. The molecule has 2 amide bonds. The van der Waals surface area contributed by atoms with Crippen LogP contribution in [0.3, 0.4) is 0 Å². The monoisotopic (exact) mass is 451 g/mol. The van der Waals surface area contributed by atoms with E-state index < -0.39 is 29.8 Å². The van der Waals surface area contributed by atoms with Gasteiger partial charge >= 0.3 is 5.69 Å². The molecular weight excluding hydrogens is 432 g/mol. The quantitative estimate of drug-likeness (QED) is 0.471. The smallest absolute Gasteiger partial charge is 0.348 e. The van der Waals surface area contributed by atoms with Crippen LogP contribution in [-0.4, -0.2) is 26.0 Å². The highest BCUT2D eigenvalue weighted by Gasteiger charge is 2.14. The van der Waals surface area contributed by atoms with Gasteiger partial charge in [-0.25, -0.2) is 22.7 Å². The summed E-state index contributed by atoms with van der Waals surface area (Å²) in [7, 11) is 0. The van der Waals surface area contributed by atoms with Crippen molar-refractivity contribution in [2.75, 3.05) is 5.32 Å². The van der Waals surface area contributed by atoms with E-state index in [1.165, 1.54) is 24.4 Å². The van der Waals surface area contributed by atoms with Gasteiger partial charge in [0.25, 0.3) is 5.91 Å². The highest BCUT2D eigenvalue weighted by atomic mass is 19.2. The average Bonchev–Trinajstić information content (AvgIpc) is 3.10. The first kappa shape index (κ1) is 21.9. The molecular formula is C23H19F2N5O3. The molecule has 0 saturated carbocycles. The largest absolute Gasteiger partial charge is 0.350 e. The van der Waals surface area contributed by atoms with E-state index in [4.69, 9.17) is 0 Å². The summed E-state index contributed by atoms with van der Waals surface area (Å²) in [6.45, 7) is 1.85. The first-order chi connectivity index (χ1) is 15.8. The second-order valence-corrected chi connectivity index (χ2v) is 7.43. The SMILES string of the molecule is Cc1ccc(CNC(=O)c2ccc3nn(CC(=O)Nc4ccc(F)c(F)c4)c(=O)n3c2)cc1. The van der Waals surface area contributed by atoms with Crippen molar-refractivity contribution >= 4 is 23.1 Å². The fourth-order valence-electron chi connectivity index (χ4n) is 3.16. The number of pyridine rings is 1. The predicted octanol–water partition coefficient (Wildman–Crippen LogP) is 2.65. The number of rotatable bonds is 6. The molecule has 0 spiro atoms. The van der Waals surface area contributed by atoms with Gasteiger partial charge in [0.05, 0.1) is 5.56 Å². The first-order valence-electron chi connectivity index (χ1n) is 9.98. The molecule has 0 aliphatic carbocycles. The van der Waals surface area contributed by atoms with E-state index >= 15 is 0 Å². The summed E-state index contributed by atoms with van der Waals surface area (Å²) < 4.78 is 28.4. The third-order valence-electron chi connectivity index (χ3n) is 4.91. The van der Waals surface area contributed by atoms with Gasteiger partial charge in [-0.1, -0.05) is 29.8 Å². The summed E-state index contributed by atoms with van der Waals surface area (Å²) in [6.07, 6.45) is 1.35. The molecule has 0 aliphatic rings. The molecule has 2 aromatic heterocycles. The number of fused-ring (bicyclic) bond motifs is 1. The summed E-state index contributed by atoms with van der Waals surface area (Å²) in [6, 6.07) is 13.7. The minimum Gasteiger partial charge on any atom is -0.348 e. The lowest BCUT2D eigenvalue weighted by Crippen LogP contribution is -2.28. The lowest BCUT2D eigenvalue weighted by atomic mass is 10.1. The zero-order valence-corrected chi connectivity index (χ0v) is 17.5. The Morgan fingerprint density at radius 3 is 2.48 bits per heavy atom. The number of halogens is 2.